The number of likely N-dealkylation sites (tertiary alicyclic amines) is 1. The summed E-state index contributed by atoms with van der Waals surface area (Å²) in [4.78, 5) is 14.5. The summed E-state index contributed by atoms with van der Waals surface area (Å²) >= 11 is 1.62. The van der Waals surface area contributed by atoms with Crippen molar-refractivity contribution in [2.75, 3.05) is 38.9 Å². The second kappa shape index (κ2) is 9.16. The van der Waals surface area contributed by atoms with E-state index >= 15 is 0 Å². The number of nitrogens with one attached hydrogen (secondary N) is 2. The number of hydrogen-bond donors (Lipinski definition) is 2. The van der Waals surface area contributed by atoms with Crippen LogP contribution in [0.2, 0.25) is 0 Å². The Hall–Kier alpha value is -1.76. The average Bonchev–Trinajstić information content (AvgIpc) is 2.75. The average molecular weight is 451 g/mol. The van der Waals surface area contributed by atoms with Crippen LogP contribution in [0.5, 0.6) is 0 Å². The van der Waals surface area contributed by atoms with E-state index in [1.165, 1.54) is 12.6 Å². The molecule has 0 unspecified atom stereocenters. The molecule has 2 N–H and O–H groups in total. The number of anilines is 2. The summed E-state index contributed by atoms with van der Waals surface area (Å²) in [6, 6.07) is 6.44. The van der Waals surface area contributed by atoms with Crippen LogP contribution in [-0.4, -0.2) is 63.3 Å². The fraction of sp³-hybridized carbons (Fsp3) is 0.474. The SMILES string of the molecule is CNS(=O)(=O)NC1CCN(Cc2ccc3c(c2)N(COC)c2nccnc2S3)CC1. The smallest absolute Gasteiger partial charge is 0.276 e. The van der Waals surface area contributed by atoms with E-state index in [2.05, 4.69) is 47.4 Å². The van der Waals surface area contributed by atoms with Crippen LogP contribution < -0.4 is 14.3 Å². The van der Waals surface area contributed by atoms with Crippen LogP contribution in [0.4, 0.5) is 11.5 Å². The topological polar surface area (TPSA) is 99.7 Å². The molecular weight excluding hydrogens is 424 g/mol. The second-order valence-electron chi connectivity index (χ2n) is 7.31. The molecule has 0 radical (unpaired) electrons. The Morgan fingerprint density at radius 2 is 2.00 bits per heavy atom. The quantitative estimate of drug-likeness (QED) is 0.658. The van der Waals surface area contributed by atoms with Gasteiger partial charge in [0.1, 0.15) is 11.8 Å². The standard InChI is InChI=1S/C19H26N6O3S2/c1-20-30(26,27)23-15-5-9-24(10-6-15)12-14-3-4-17-16(11-14)25(13-28-2)18-19(29-17)22-8-7-21-18/h3-4,7-8,11,15,20,23H,5-6,9-10,12-13H2,1-2H3. The predicted molar refractivity (Wildman–Crippen MR) is 116 cm³/mol. The van der Waals surface area contributed by atoms with Crippen molar-refractivity contribution >= 4 is 33.5 Å². The summed E-state index contributed by atoms with van der Waals surface area (Å²) in [5.41, 5.74) is 2.28. The van der Waals surface area contributed by atoms with Gasteiger partial charge in [0, 0.05) is 57.1 Å². The summed E-state index contributed by atoms with van der Waals surface area (Å²) < 4.78 is 33.8. The maximum absolute atomic E-state index is 11.7. The zero-order valence-electron chi connectivity index (χ0n) is 17.0. The first kappa shape index (κ1) is 21.5. The lowest BCUT2D eigenvalue weighted by Crippen LogP contribution is -2.47. The third kappa shape index (κ3) is 4.76. The Morgan fingerprint density at radius 1 is 1.23 bits per heavy atom. The lowest BCUT2D eigenvalue weighted by Gasteiger charge is -2.33. The van der Waals surface area contributed by atoms with E-state index in [0.717, 1.165) is 53.9 Å². The largest absolute Gasteiger partial charge is 0.364 e. The number of benzene rings is 1. The third-order valence-electron chi connectivity index (χ3n) is 5.27. The van der Waals surface area contributed by atoms with E-state index in [1.54, 1.807) is 31.3 Å². The molecular formula is C19H26N6O3S2. The van der Waals surface area contributed by atoms with Gasteiger partial charge in [0.15, 0.2) is 5.82 Å². The Kier molecular flexibility index (Phi) is 6.56. The van der Waals surface area contributed by atoms with Crippen molar-refractivity contribution in [2.24, 2.45) is 0 Å². The number of piperidine rings is 1. The van der Waals surface area contributed by atoms with Crippen LogP contribution in [0, 0.1) is 0 Å². The molecule has 30 heavy (non-hydrogen) atoms. The minimum atomic E-state index is -3.39. The molecule has 0 aliphatic carbocycles. The normalized spacial score (nSPS) is 17.6. The van der Waals surface area contributed by atoms with Gasteiger partial charge in [-0.25, -0.2) is 14.7 Å². The molecule has 4 rings (SSSR count). The van der Waals surface area contributed by atoms with Gasteiger partial charge in [-0.3, -0.25) is 9.80 Å². The molecule has 11 heteroatoms. The van der Waals surface area contributed by atoms with Crippen LogP contribution >= 0.6 is 11.8 Å². The van der Waals surface area contributed by atoms with Gasteiger partial charge < -0.3 is 4.74 Å². The molecule has 0 amide bonds. The molecule has 0 spiro atoms. The van der Waals surface area contributed by atoms with Crippen molar-refractivity contribution in [3.05, 3.63) is 36.2 Å². The molecule has 2 aliphatic rings. The first-order valence-electron chi connectivity index (χ1n) is 9.80. The number of hydrogen-bond acceptors (Lipinski definition) is 8. The molecule has 0 atom stereocenters. The maximum atomic E-state index is 11.7. The number of aromatic nitrogens is 2. The Balaban J connectivity index is 1.45. The van der Waals surface area contributed by atoms with Gasteiger partial charge in [-0.15, -0.1) is 0 Å². The fourth-order valence-electron chi connectivity index (χ4n) is 3.76. The van der Waals surface area contributed by atoms with Gasteiger partial charge in [0.25, 0.3) is 10.2 Å². The molecule has 0 saturated carbocycles. The fourth-order valence-corrected chi connectivity index (χ4v) is 5.54. The highest BCUT2D eigenvalue weighted by Crippen LogP contribution is 2.46. The van der Waals surface area contributed by atoms with Crippen molar-refractivity contribution in [2.45, 2.75) is 35.3 Å². The molecule has 3 heterocycles. The van der Waals surface area contributed by atoms with Crippen LogP contribution in [0.15, 0.2) is 40.5 Å². The lowest BCUT2D eigenvalue weighted by atomic mass is 10.0. The van der Waals surface area contributed by atoms with Gasteiger partial charge in [-0.1, -0.05) is 17.8 Å². The highest BCUT2D eigenvalue weighted by molar-refractivity contribution is 7.99. The molecule has 1 aromatic carbocycles. The highest BCUT2D eigenvalue weighted by Gasteiger charge is 2.27. The molecule has 1 saturated heterocycles. The van der Waals surface area contributed by atoms with Gasteiger partial charge >= 0.3 is 0 Å². The van der Waals surface area contributed by atoms with E-state index in [-0.39, 0.29) is 6.04 Å². The van der Waals surface area contributed by atoms with E-state index in [1.807, 2.05) is 0 Å². The van der Waals surface area contributed by atoms with E-state index in [4.69, 9.17) is 4.74 Å². The molecule has 162 valence electrons. The number of rotatable bonds is 7. The van der Waals surface area contributed by atoms with Crippen molar-refractivity contribution < 1.29 is 13.2 Å². The van der Waals surface area contributed by atoms with E-state index in [9.17, 15) is 8.42 Å². The maximum Gasteiger partial charge on any atom is 0.276 e. The number of nitrogens with zero attached hydrogens (tertiary/aromatic N) is 4. The van der Waals surface area contributed by atoms with Crippen LogP contribution in [-0.2, 0) is 21.5 Å². The van der Waals surface area contributed by atoms with Gasteiger partial charge in [-0.2, -0.15) is 13.1 Å². The lowest BCUT2D eigenvalue weighted by molar-refractivity contribution is 0.199. The van der Waals surface area contributed by atoms with Crippen molar-refractivity contribution in [3.63, 3.8) is 0 Å². The Labute approximate surface area is 181 Å². The second-order valence-corrected chi connectivity index (χ2v) is 9.99. The first-order valence-corrected chi connectivity index (χ1v) is 12.1. The van der Waals surface area contributed by atoms with Gasteiger partial charge in [0.05, 0.1) is 5.69 Å². The van der Waals surface area contributed by atoms with E-state index < -0.39 is 10.2 Å². The molecule has 0 bridgehead atoms. The van der Waals surface area contributed by atoms with Crippen molar-refractivity contribution in [3.8, 4) is 0 Å². The monoisotopic (exact) mass is 450 g/mol. The van der Waals surface area contributed by atoms with Gasteiger partial charge in [-0.05, 0) is 30.5 Å². The zero-order valence-corrected chi connectivity index (χ0v) is 18.7. The summed E-state index contributed by atoms with van der Waals surface area (Å²) in [5.74, 6) is 0.812. The minimum absolute atomic E-state index is 0.0223. The highest BCUT2D eigenvalue weighted by atomic mass is 32.2. The molecule has 1 aromatic heterocycles. The van der Waals surface area contributed by atoms with Gasteiger partial charge in [0.2, 0.25) is 0 Å². The predicted octanol–water partition coefficient (Wildman–Crippen LogP) is 1.70. The number of fused-ring (bicyclic) bond motifs is 2. The molecule has 9 nitrogen and oxygen atoms in total. The van der Waals surface area contributed by atoms with Crippen molar-refractivity contribution in [1.82, 2.24) is 24.3 Å². The molecule has 2 aromatic rings. The first-order chi connectivity index (χ1) is 14.5. The minimum Gasteiger partial charge on any atom is -0.364 e. The zero-order chi connectivity index (χ0) is 21.1. The number of methoxy groups -OCH3 is 1. The summed E-state index contributed by atoms with van der Waals surface area (Å²) in [6.45, 7) is 2.91. The van der Waals surface area contributed by atoms with Crippen LogP contribution in [0.3, 0.4) is 0 Å². The van der Waals surface area contributed by atoms with Crippen LogP contribution in [0.1, 0.15) is 18.4 Å². The van der Waals surface area contributed by atoms with E-state index in [0.29, 0.717) is 6.73 Å². The molecule has 2 aliphatic heterocycles. The summed E-state index contributed by atoms with van der Waals surface area (Å²) in [7, 11) is -0.297. The number of ether oxygens (including phenoxy) is 1. The summed E-state index contributed by atoms with van der Waals surface area (Å²) in [6.07, 6.45) is 4.99. The Bertz CT molecular complexity index is 996. The van der Waals surface area contributed by atoms with Crippen LogP contribution in [0.25, 0.3) is 0 Å². The Morgan fingerprint density at radius 3 is 2.73 bits per heavy atom. The summed E-state index contributed by atoms with van der Waals surface area (Å²) in [5, 5.41) is 0.876. The molecule has 1 fully saturated rings. The van der Waals surface area contributed by atoms with Crippen molar-refractivity contribution in [1.29, 1.82) is 0 Å². The third-order valence-corrected chi connectivity index (χ3v) is 7.49.